The van der Waals surface area contributed by atoms with Gasteiger partial charge in [0.2, 0.25) is 11.8 Å². The van der Waals surface area contributed by atoms with Crippen molar-refractivity contribution in [2.45, 2.75) is 46.6 Å². The number of carbonyl (C=O) groups is 2. The number of rotatable bonds is 6. The molecule has 0 aliphatic rings. The summed E-state index contributed by atoms with van der Waals surface area (Å²) < 4.78 is 0. The van der Waals surface area contributed by atoms with E-state index in [2.05, 4.69) is 0 Å². The quantitative estimate of drug-likeness (QED) is 0.530. The van der Waals surface area contributed by atoms with Crippen LogP contribution in [0.4, 0.5) is 0 Å². The van der Waals surface area contributed by atoms with Gasteiger partial charge in [-0.1, -0.05) is 34.1 Å². The van der Waals surface area contributed by atoms with Crippen LogP contribution in [0.25, 0.3) is 0 Å². The largest absolute Gasteiger partial charge is 0.368 e. The topological polar surface area (TPSA) is 83.6 Å². The van der Waals surface area contributed by atoms with Crippen LogP contribution >= 0.6 is 0 Å². The molecule has 0 aromatic carbocycles. The van der Waals surface area contributed by atoms with E-state index in [1.165, 1.54) is 0 Å². The molecule has 5 heteroatoms. The molecule has 0 fully saturated rings. The van der Waals surface area contributed by atoms with Crippen molar-refractivity contribution >= 4 is 11.8 Å². The van der Waals surface area contributed by atoms with Crippen LogP contribution in [0.5, 0.6) is 0 Å². The van der Waals surface area contributed by atoms with Crippen LogP contribution in [0.2, 0.25) is 0 Å². The van der Waals surface area contributed by atoms with E-state index in [4.69, 9.17) is 5.73 Å². The highest BCUT2D eigenvalue weighted by Gasteiger charge is 2.32. The minimum atomic E-state index is -0.938. The highest BCUT2D eigenvalue weighted by atomic mass is 16.5. The summed E-state index contributed by atoms with van der Waals surface area (Å²) in [5.74, 6) is -1.59. The van der Waals surface area contributed by atoms with Crippen molar-refractivity contribution in [3.63, 3.8) is 0 Å². The highest BCUT2D eigenvalue weighted by Crippen LogP contribution is 2.16. The first-order valence-electron chi connectivity index (χ1n) is 5.67. The number of hydrogen-bond acceptors (Lipinski definition) is 3. The van der Waals surface area contributed by atoms with E-state index < -0.39 is 17.9 Å². The summed E-state index contributed by atoms with van der Waals surface area (Å²) in [6, 6.07) is -0.938. The lowest BCUT2D eigenvalue weighted by atomic mass is 9.97. The fraction of sp³-hybridized carbons (Fsp3) is 0.818. The predicted molar refractivity (Wildman–Crippen MR) is 60.5 cm³/mol. The van der Waals surface area contributed by atoms with Crippen LogP contribution < -0.4 is 5.73 Å². The van der Waals surface area contributed by atoms with Gasteiger partial charge in [0.05, 0.1) is 0 Å². The van der Waals surface area contributed by atoms with Crippen molar-refractivity contribution in [3.05, 3.63) is 0 Å². The van der Waals surface area contributed by atoms with Crippen LogP contribution in [0.3, 0.4) is 0 Å². The Morgan fingerprint density at radius 3 is 2.06 bits per heavy atom. The van der Waals surface area contributed by atoms with Crippen molar-refractivity contribution in [1.29, 1.82) is 0 Å². The number of hydroxylamine groups is 2. The van der Waals surface area contributed by atoms with E-state index in [0.717, 1.165) is 0 Å². The zero-order valence-corrected chi connectivity index (χ0v) is 10.4. The summed E-state index contributed by atoms with van der Waals surface area (Å²) in [4.78, 5) is 22.9. The number of nitrogens with zero attached hydrogens (tertiary/aromatic N) is 1. The molecule has 0 saturated heterocycles. The van der Waals surface area contributed by atoms with Gasteiger partial charge in [-0.25, -0.2) is 5.06 Å². The van der Waals surface area contributed by atoms with Crippen LogP contribution in [-0.2, 0) is 9.59 Å². The Bertz CT molecular complexity index is 256. The molecule has 16 heavy (non-hydrogen) atoms. The molecule has 3 atom stereocenters. The molecule has 0 rings (SSSR count). The Kier molecular flexibility index (Phi) is 6.03. The van der Waals surface area contributed by atoms with E-state index in [9.17, 15) is 14.8 Å². The zero-order valence-electron chi connectivity index (χ0n) is 10.4. The summed E-state index contributed by atoms with van der Waals surface area (Å²) in [6.07, 6.45) is 1.28. The van der Waals surface area contributed by atoms with E-state index in [-0.39, 0.29) is 11.8 Å². The smallest absolute Gasteiger partial charge is 0.249 e. The van der Waals surface area contributed by atoms with Gasteiger partial charge in [0.15, 0.2) is 0 Å². The van der Waals surface area contributed by atoms with Gasteiger partial charge in [0.25, 0.3) is 0 Å². The Morgan fingerprint density at radius 1 is 1.25 bits per heavy atom. The van der Waals surface area contributed by atoms with Crippen molar-refractivity contribution in [3.8, 4) is 0 Å². The van der Waals surface area contributed by atoms with Gasteiger partial charge in [-0.2, -0.15) is 0 Å². The molecule has 0 aliphatic heterocycles. The lowest BCUT2D eigenvalue weighted by Gasteiger charge is -2.29. The second-order valence-electron chi connectivity index (χ2n) is 4.22. The third-order valence-corrected chi connectivity index (χ3v) is 3.00. The average molecular weight is 230 g/mol. The number of hydrogen-bond donors (Lipinski definition) is 2. The highest BCUT2D eigenvalue weighted by molar-refractivity contribution is 5.86. The Labute approximate surface area is 96.6 Å². The first-order chi connectivity index (χ1) is 7.36. The van der Waals surface area contributed by atoms with Gasteiger partial charge in [-0.15, -0.1) is 0 Å². The molecule has 3 N–H and O–H groups in total. The summed E-state index contributed by atoms with van der Waals surface area (Å²) in [6.45, 7) is 7.21. The number of amides is 2. The molecule has 0 bridgehead atoms. The standard InChI is InChI=1S/C11H22N2O3/c1-5-7(3)9(10(12)14)13(16)11(15)8(4)6-2/h7-9,16H,5-6H2,1-4H3,(H2,12,14). The number of primary amides is 1. The van der Waals surface area contributed by atoms with Gasteiger partial charge >= 0.3 is 0 Å². The molecule has 2 amide bonds. The first-order valence-corrected chi connectivity index (χ1v) is 5.67. The molecular formula is C11H22N2O3. The summed E-state index contributed by atoms with van der Waals surface area (Å²) in [7, 11) is 0. The Morgan fingerprint density at radius 2 is 1.75 bits per heavy atom. The minimum absolute atomic E-state index is 0.157. The zero-order chi connectivity index (χ0) is 12.9. The first kappa shape index (κ1) is 14.9. The maximum absolute atomic E-state index is 11.7. The fourth-order valence-corrected chi connectivity index (χ4v) is 1.40. The maximum Gasteiger partial charge on any atom is 0.249 e. The molecule has 3 unspecified atom stereocenters. The van der Waals surface area contributed by atoms with Gasteiger partial charge in [-0.3, -0.25) is 14.8 Å². The van der Waals surface area contributed by atoms with E-state index >= 15 is 0 Å². The SMILES string of the molecule is CCC(C)C(=O)N(O)C(C(N)=O)C(C)CC. The van der Waals surface area contributed by atoms with Gasteiger partial charge in [0, 0.05) is 5.92 Å². The van der Waals surface area contributed by atoms with Crippen LogP contribution in [0, 0.1) is 11.8 Å². The van der Waals surface area contributed by atoms with Crippen molar-refractivity contribution in [1.82, 2.24) is 5.06 Å². The second-order valence-corrected chi connectivity index (χ2v) is 4.22. The van der Waals surface area contributed by atoms with Crippen LogP contribution in [-0.4, -0.2) is 28.1 Å². The summed E-state index contributed by atoms with van der Waals surface area (Å²) in [5, 5.41) is 10.2. The third kappa shape index (κ3) is 3.48. The second kappa shape index (κ2) is 6.48. The Hall–Kier alpha value is -1.10. The van der Waals surface area contributed by atoms with E-state index in [1.54, 1.807) is 13.8 Å². The van der Waals surface area contributed by atoms with E-state index in [0.29, 0.717) is 17.9 Å². The normalized spacial score (nSPS) is 16.3. The molecule has 0 saturated carbocycles. The lowest BCUT2D eigenvalue weighted by Crippen LogP contribution is -2.51. The van der Waals surface area contributed by atoms with E-state index in [1.807, 2.05) is 13.8 Å². The van der Waals surface area contributed by atoms with Crippen molar-refractivity contribution in [2.75, 3.05) is 0 Å². The fourth-order valence-electron chi connectivity index (χ4n) is 1.40. The van der Waals surface area contributed by atoms with Crippen molar-refractivity contribution < 1.29 is 14.8 Å². The number of nitrogens with two attached hydrogens (primary N) is 1. The third-order valence-electron chi connectivity index (χ3n) is 3.00. The molecule has 0 aromatic rings. The average Bonchev–Trinajstić information content (AvgIpc) is 2.26. The molecule has 0 aliphatic carbocycles. The van der Waals surface area contributed by atoms with Gasteiger partial charge in [-0.05, 0) is 12.3 Å². The monoisotopic (exact) mass is 230 g/mol. The Balaban J connectivity index is 4.81. The minimum Gasteiger partial charge on any atom is -0.368 e. The van der Waals surface area contributed by atoms with Crippen LogP contribution in [0.15, 0.2) is 0 Å². The molecule has 0 heterocycles. The molecule has 5 nitrogen and oxygen atoms in total. The molecular weight excluding hydrogens is 208 g/mol. The molecule has 0 spiro atoms. The maximum atomic E-state index is 11.7. The van der Waals surface area contributed by atoms with Crippen LogP contribution in [0.1, 0.15) is 40.5 Å². The molecule has 94 valence electrons. The van der Waals surface area contributed by atoms with Gasteiger partial charge < -0.3 is 5.73 Å². The molecule has 0 radical (unpaired) electrons. The predicted octanol–water partition coefficient (Wildman–Crippen LogP) is 1.15. The molecule has 0 aromatic heterocycles. The van der Waals surface area contributed by atoms with Crippen molar-refractivity contribution in [2.24, 2.45) is 17.6 Å². The summed E-state index contributed by atoms with van der Waals surface area (Å²) >= 11 is 0. The lowest BCUT2D eigenvalue weighted by molar-refractivity contribution is -0.187. The number of carbonyl (C=O) groups excluding carboxylic acids is 2. The van der Waals surface area contributed by atoms with Gasteiger partial charge in [0.1, 0.15) is 6.04 Å². The summed E-state index contributed by atoms with van der Waals surface area (Å²) in [5.41, 5.74) is 5.20.